The average molecular weight is 199 g/mol. The first kappa shape index (κ1) is 10.4. The summed E-state index contributed by atoms with van der Waals surface area (Å²) < 4.78 is 5.27. The second-order valence-electron chi connectivity index (χ2n) is 4.07. The van der Waals surface area contributed by atoms with Gasteiger partial charge in [-0.05, 0) is 11.5 Å². The summed E-state index contributed by atoms with van der Waals surface area (Å²) in [5, 5.41) is 0.676. The first-order valence-electron chi connectivity index (χ1n) is 4.30. The Morgan fingerprint density at radius 2 is 1.85 bits per heavy atom. The van der Waals surface area contributed by atoms with Gasteiger partial charge in [0, 0.05) is 5.56 Å². The van der Waals surface area contributed by atoms with Crippen molar-refractivity contribution in [1.82, 2.24) is 0 Å². The number of methoxy groups -OCH3 is 1. The number of hydrogen-bond acceptors (Lipinski definition) is 1. The lowest BCUT2D eigenvalue weighted by Crippen LogP contribution is -2.12. The molecule has 2 heteroatoms. The molecule has 1 rings (SSSR count). The van der Waals surface area contributed by atoms with Gasteiger partial charge in [-0.2, -0.15) is 0 Å². The smallest absolute Gasteiger partial charge is 0.141 e. The van der Waals surface area contributed by atoms with Gasteiger partial charge in [0.05, 0.1) is 12.1 Å². The zero-order valence-electron chi connectivity index (χ0n) is 8.52. The van der Waals surface area contributed by atoms with Gasteiger partial charge >= 0.3 is 0 Å². The standard InChI is InChI=1S/C11H15ClO/c1-11(2,3)8-6-5-7-9(12)10(8)13-4/h5-7H,1-4H3. The molecule has 0 fully saturated rings. The fraction of sp³-hybridized carbons (Fsp3) is 0.455. The van der Waals surface area contributed by atoms with Crippen molar-refractivity contribution >= 4 is 11.6 Å². The van der Waals surface area contributed by atoms with Gasteiger partial charge in [0.15, 0.2) is 0 Å². The highest BCUT2D eigenvalue weighted by Crippen LogP contribution is 2.36. The molecule has 0 unspecified atom stereocenters. The molecule has 72 valence electrons. The molecule has 1 aromatic carbocycles. The van der Waals surface area contributed by atoms with E-state index in [1.54, 1.807) is 7.11 Å². The second kappa shape index (κ2) is 3.59. The van der Waals surface area contributed by atoms with Crippen LogP contribution >= 0.6 is 11.6 Å². The maximum Gasteiger partial charge on any atom is 0.141 e. The van der Waals surface area contributed by atoms with E-state index < -0.39 is 0 Å². The molecule has 0 saturated carbocycles. The summed E-state index contributed by atoms with van der Waals surface area (Å²) in [6.45, 7) is 6.42. The lowest BCUT2D eigenvalue weighted by molar-refractivity contribution is 0.398. The first-order valence-corrected chi connectivity index (χ1v) is 4.67. The van der Waals surface area contributed by atoms with Crippen molar-refractivity contribution in [2.24, 2.45) is 0 Å². The van der Waals surface area contributed by atoms with Gasteiger partial charge in [0.1, 0.15) is 5.75 Å². The molecule has 1 aromatic rings. The van der Waals surface area contributed by atoms with Gasteiger partial charge in [-0.1, -0.05) is 44.5 Å². The summed E-state index contributed by atoms with van der Waals surface area (Å²) in [6, 6.07) is 5.84. The van der Waals surface area contributed by atoms with Crippen LogP contribution in [0.3, 0.4) is 0 Å². The molecule has 0 N–H and O–H groups in total. The third-order valence-corrected chi connectivity index (χ3v) is 2.28. The molecular formula is C11H15ClO. The minimum Gasteiger partial charge on any atom is -0.495 e. The van der Waals surface area contributed by atoms with Gasteiger partial charge in [-0.15, -0.1) is 0 Å². The number of benzene rings is 1. The summed E-state index contributed by atoms with van der Waals surface area (Å²) >= 11 is 6.01. The van der Waals surface area contributed by atoms with Crippen molar-refractivity contribution in [3.05, 3.63) is 28.8 Å². The van der Waals surface area contributed by atoms with Crippen LogP contribution in [0.1, 0.15) is 26.3 Å². The molecular weight excluding hydrogens is 184 g/mol. The van der Waals surface area contributed by atoms with Crippen molar-refractivity contribution in [3.63, 3.8) is 0 Å². The van der Waals surface area contributed by atoms with E-state index in [1.807, 2.05) is 18.2 Å². The van der Waals surface area contributed by atoms with Crippen LogP contribution in [0.15, 0.2) is 18.2 Å². The fourth-order valence-electron chi connectivity index (χ4n) is 1.31. The Kier molecular flexibility index (Phi) is 2.87. The molecule has 0 heterocycles. The van der Waals surface area contributed by atoms with E-state index in [0.717, 1.165) is 11.3 Å². The van der Waals surface area contributed by atoms with Crippen molar-refractivity contribution in [2.45, 2.75) is 26.2 Å². The minimum atomic E-state index is 0.0657. The van der Waals surface area contributed by atoms with Gasteiger partial charge in [-0.25, -0.2) is 0 Å². The zero-order chi connectivity index (χ0) is 10.1. The minimum absolute atomic E-state index is 0.0657. The van der Waals surface area contributed by atoms with E-state index in [9.17, 15) is 0 Å². The van der Waals surface area contributed by atoms with Crippen LogP contribution in [-0.4, -0.2) is 7.11 Å². The molecule has 1 nitrogen and oxygen atoms in total. The summed E-state index contributed by atoms with van der Waals surface area (Å²) in [5.74, 6) is 0.789. The van der Waals surface area contributed by atoms with E-state index in [1.165, 1.54) is 0 Å². The van der Waals surface area contributed by atoms with E-state index in [0.29, 0.717) is 5.02 Å². The molecule has 0 aliphatic carbocycles. The molecule has 0 radical (unpaired) electrons. The van der Waals surface area contributed by atoms with Crippen LogP contribution in [0.25, 0.3) is 0 Å². The largest absolute Gasteiger partial charge is 0.495 e. The molecule has 0 aliphatic rings. The number of hydrogen-bond donors (Lipinski definition) is 0. The molecule has 0 aromatic heterocycles. The normalized spacial score (nSPS) is 11.5. The number of ether oxygens (including phenoxy) is 1. The Labute approximate surface area is 84.7 Å². The maximum absolute atomic E-state index is 6.01. The fourth-order valence-corrected chi connectivity index (χ4v) is 1.56. The molecule has 0 spiro atoms. The molecule has 0 bridgehead atoms. The van der Waals surface area contributed by atoms with E-state index in [-0.39, 0.29) is 5.41 Å². The van der Waals surface area contributed by atoms with Crippen LogP contribution in [0, 0.1) is 0 Å². The van der Waals surface area contributed by atoms with Crippen molar-refractivity contribution < 1.29 is 4.74 Å². The van der Waals surface area contributed by atoms with Gasteiger partial charge in [0.25, 0.3) is 0 Å². The Hall–Kier alpha value is -0.690. The first-order chi connectivity index (χ1) is 5.96. The molecule has 0 saturated heterocycles. The highest BCUT2D eigenvalue weighted by Gasteiger charge is 2.19. The predicted octanol–water partition coefficient (Wildman–Crippen LogP) is 3.65. The van der Waals surface area contributed by atoms with Gasteiger partial charge < -0.3 is 4.74 Å². The summed E-state index contributed by atoms with van der Waals surface area (Å²) in [5.41, 5.74) is 1.21. The predicted molar refractivity (Wildman–Crippen MR) is 56.7 cm³/mol. The van der Waals surface area contributed by atoms with E-state index in [4.69, 9.17) is 16.3 Å². The quantitative estimate of drug-likeness (QED) is 0.670. The third kappa shape index (κ3) is 2.16. The number of halogens is 1. The average Bonchev–Trinajstić information content (AvgIpc) is 2.02. The Bertz CT molecular complexity index is 299. The Morgan fingerprint density at radius 3 is 2.23 bits per heavy atom. The van der Waals surface area contributed by atoms with E-state index in [2.05, 4.69) is 20.8 Å². The Morgan fingerprint density at radius 1 is 1.23 bits per heavy atom. The third-order valence-electron chi connectivity index (χ3n) is 1.98. The topological polar surface area (TPSA) is 9.23 Å². The van der Waals surface area contributed by atoms with Gasteiger partial charge in [-0.3, -0.25) is 0 Å². The summed E-state index contributed by atoms with van der Waals surface area (Å²) in [7, 11) is 1.65. The number of para-hydroxylation sites is 1. The summed E-state index contributed by atoms with van der Waals surface area (Å²) in [4.78, 5) is 0. The van der Waals surface area contributed by atoms with Crippen LogP contribution < -0.4 is 4.74 Å². The molecule has 0 atom stereocenters. The maximum atomic E-state index is 6.01. The van der Waals surface area contributed by atoms with Crippen LogP contribution in [0.5, 0.6) is 5.75 Å². The number of rotatable bonds is 1. The zero-order valence-corrected chi connectivity index (χ0v) is 9.27. The van der Waals surface area contributed by atoms with Crippen molar-refractivity contribution in [1.29, 1.82) is 0 Å². The van der Waals surface area contributed by atoms with Crippen LogP contribution in [-0.2, 0) is 5.41 Å². The van der Waals surface area contributed by atoms with E-state index >= 15 is 0 Å². The van der Waals surface area contributed by atoms with Crippen molar-refractivity contribution in [2.75, 3.05) is 7.11 Å². The van der Waals surface area contributed by atoms with Crippen LogP contribution in [0.4, 0.5) is 0 Å². The van der Waals surface area contributed by atoms with Crippen molar-refractivity contribution in [3.8, 4) is 5.75 Å². The monoisotopic (exact) mass is 198 g/mol. The molecule has 0 amide bonds. The highest BCUT2D eigenvalue weighted by atomic mass is 35.5. The lowest BCUT2D eigenvalue weighted by atomic mass is 9.86. The van der Waals surface area contributed by atoms with Crippen LogP contribution in [0.2, 0.25) is 5.02 Å². The highest BCUT2D eigenvalue weighted by molar-refractivity contribution is 6.32. The SMILES string of the molecule is COc1c(Cl)cccc1C(C)(C)C. The molecule has 0 aliphatic heterocycles. The van der Waals surface area contributed by atoms with Gasteiger partial charge in [0.2, 0.25) is 0 Å². The second-order valence-corrected chi connectivity index (χ2v) is 4.48. The lowest BCUT2D eigenvalue weighted by Gasteiger charge is -2.22. The molecule has 13 heavy (non-hydrogen) atoms. The summed E-state index contributed by atoms with van der Waals surface area (Å²) in [6.07, 6.45) is 0. The Balaban J connectivity index is 3.29.